The molecule has 0 unspecified atom stereocenters. The largest absolute Gasteiger partial charge is 0.476 e. The van der Waals surface area contributed by atoms with Crippen LogP contribution in [0.2, 0.25) is 5.02 Å². The van der Waals surface area contributed by atoms with Crippen LogP contribution < -0.4 is 0 Å². The highest BCUT2D eigenvalue weighted by molar-refractivity contribution is 6.33. The average Bonchev–Trinajstić information content (AvgIpc) is 2.73. The number of halogens is 1. The van der Waals surface area contributed by atoms with Gasteiger partial charge in [0.15, 0.2) is 17.3 Å². The maximum Gasteiger partial charge on any atom is 0.358 e. The van der Waals surface area contributed by atoms with Crippen molar-refractivity contribution in [2.24, 2.45) is 0 Å². The number of carboxylic acid groups (broad SMARTS) is 1. The third kappa shape index (κ3) is 2.17. The molecule has 1 N–H and O–H groups in total. The highest BCUT2D eigenvalue weighted by Crippen LogP contribution is 2.31. The van der Waals surface area contributed by atoms with Gasteiger partial charge in [0.2, 0.25) is 0 Å². The molecular weight excluding hydrogens is 242 g/mol. The highest BCUT2D eigenvalue weighted by atomic mass is 35.5. The van der Waals surface area contributed by atoms with E-state index in [4.69, 9.17) is 21.1 Å². The number of oxazole rings is 1. The van der Waals surface area contributed by atoms with Crippen LogP contribution in [0.4, 0.5) is 0 Å². The van der Waals surface area contributed by atoms with Gasteiger partial charge in [0.25, 0.3) is 0 Å². The van der Waals surface area contributed by atoms with Crippen LogP contribution in [-0.2, 0) is 6.42 Å². The minimum atomic E-state index is -1.12. The lowest BCUT2D eigenvalue weighted by Gasteiger charge is -2.00. The standard InChI is InChI=1S/C12H10ClNO3/c1-2-9-14-10(12(15)16)11(17-9)7-5-3-4-6-8(7)13/h3-6H,2H2,1H3,(H,15,16). The summed E-state index contributed by atoms with van der Waals surface area (Å²) in [6.45, 7) is 1.84. The molecule has 88 valence electrons. The van der Waals surface area contributed by atoms with Crippen molar-refractivity contribution < 1.29 is 14.3 Å². The highest BCUT2D eigenvalue weighted by Gasteiger charge is 2.21. The minimum Gasteiger partial charge on any atom is -0.476 e. The van der Waals surface area contributed by atoms with Gasteiger partial charge in [-0.15, -0.1) is 0 Å². The average molecular weight is 252 g/mol. The lowest BCUT2D eigenvalue weighted by atomic mass is 10.1. The molecule has 5 heteroatoms. The van der Waals surface area contributed by atoms with Gasteiger partial charge in [-0.1, -0.05) is 30.7 Å². The number of nitrogens with zero attached hydrogens (tertiary/aromatic N) is 1. The fraction of sp³-hybridized carbons (Fsp3) is 0.167. The first-order valence-electron chi connectivity index (χ1n) is 5.11. The van der Waals surface area contributed by atoms with Gasteiger partial charge in [-0.25, -0.2) is 9.78 Å². The van der Waals surface area contributed by atoms with Gasteiger partial charge in [0.05, 0.1) is 5.02 Å². The molecule has 0 aliphatic carbocycles. The van der Waals surface area contributed by atoms with Gasteiger partial charge >= 0.3 is 5.97 Å². The van der Waals surface area contributed by atoms with Crippen LogP contribution in [0.1, 0.15) is 23.3 Å². The number of carboxylic acids is 1. The second kappa shape index (κ2) is 4.59. The van der Waals surface area contributed by atoms with Crippen molar-refractivity contribution in [3.8, 4) is 11.3 Å². The maximum atomic E-state index is 11.1. The summed E-state index contributed by atoms with van der Waals surface area (Å²) in [5, 5.41) is 9.50. The zero-order valence-electron chi connectivity index (χ0n) is 9.11. The molecule has 2 rings (SSSR count). The molecule has 4 nitrogen and oxygen atoms in total. The Labute approximate surface area is 103 Å². The van der Waals surface area contributed by atoms with Crippen molar-refractivity contribution in [1.82, 2.24) is 4.98 Å². The topological polar surface area (TPSA) is 63.3 Å². The van der Waals surface area contributed by atoms with Crippen LogP contribution in [0.5, 0.6) is 0 Å². The lowest BCUT2D eigenvalue weighted by Crippen LogP contribution is -1.99. The minimum absolute atomic E-state index is 0.102. The van der Waals surface area contributed by atoms with E-state index >= 15 is 0 Å². The monoisotopic (exact) mass is 251 g/mol. The van der Waals surface area contributed by atoms with E-state index < -0.39 is 5.97 Å². The third-order valence-electron chi connectivity index (χ3n) is 2.29. The van der Waals surface area contributed by atoms with Crippen LogP contribution in [0, 0.1) is 0 Å². The predicted molar refractivity (Wildman–Crippen MR) is 63.3 cm³/mol. The predicted octanol–water partition coefficient (Wildman–Crippen LogP) is 3.26. The molecule has 1 heterocycles. The molecule has 0 amide bonds. The van der Waals surface area contributed by atoms with Crippen LogP contribution in [0.3, 0.4) is 0 Å². The smallest absolute Gasteiger partial charge is 0.358 e. The molecule has 0 fully saturated rings. The number of hydrogen-bond donors (Lipinski definition) is 1. The third-order valence-corrected chi connectivity index (χ3v) is 2.62. The second-order valence-corrected chi connectivity index (χ2v) is 3.83. The van der Waals surface area contributed by atoms with E-state index in [9.17, 15) is 4.79 Å². The summed E-state index contributed by atoms with van der Waals surface area (Å²) >= 11 is 6.01. The summed E-state index contributed by atoms with van der Waals surface area (Å²) in [7, 11) is 0. The molecule has 0 radical (unpaired) electrons. The van der Waals surface area contributed by atoms with Crippen molar-refractivity contribution in [3.05, 3.63) is 40.9 Å². The summed E-state index contributed by atoms with van der Waals surface area (Å²) in [6, 6.07) is 6.91. The summed E-state index contributed by atoms with van der Waals surface area (Å²) < 4.78 is 5.42. The molecule has 0 spiro atoms. The Balaban J connectivity index is 2.62. The van der Waals surface area contributed by atoms with Gasteiger partial charge in [0.1, 0.15) is 0 Å². The van der Waals surface area contributed by atoms with Gasteiger partial charge in [0, 0.05) is 12.0 Å². The number of aryl methyl sites for hydroxylation is 1. The van der Waals surface area contributed by atoms with Gasteiger partial charge in [-0.3, -0.25) is 0 Å². The van der Waals surface area contributed by atoms with Crippen LogP contribution in [0.15, 0.2) is 28.7 Å². The number of hydrogen-bond acceptors (Lipinski definition) is 3. The van der Waals surface area contributed by atoms with E-state index in [1.165, 1.54) is 0 Å². The molecule has 17 heavy (non-hydrogen) atoms. The van der Waals surface area contributed by atoms with Crippen molar-refractivity contribution in [2.75, 3.05) is 0 Å². The summed E-state index contributed by atoms with van der Waals surface area (Å²) in [5.41, 5.74) is 0.439. The van der Waals surface area contributed by atoms with Crippen molar-refractivity contribution in [3.63, 3.8) is 0 Å². The van der Waals surface area contributed by atoms with E-state index in [2.05, 4.69) is 4.98 Å². The van der Waals surface area contributed by atoms with Crippen molar-refractivity contribution >= 4 is 17.6 Å². The Hall–Kier alpha value is -1.81. The molecule has 0 saturated heterocycles. The lowest BCUT2D eigenvalue weighted by molar-refractivity contribution is 0.0691. The van der Waals surface area contributed by atoms with Crippen LogP contribution >= 0.6 is 11.6 Å². The van der Waals surface area contributed by atoms with Gasteiger partial charge in [-0.05, 0) is 12.1 Å². The fourth-order valence-corrected chi connectivity index (χ4v) is 1.71. The van der Waals surface area contributed by atoms with Gasteiger partial charge < -0.3 is 9.52 Å². The summed E-state index contributed by atoms with van der Waals surface area (Å²) in [6.07, 6.45) is 0.532. The number of benzene rings is 1. The normalized spacial score (nSPS) is 10.5. The summed E-state index contributed by atoms with van der Waals surface area (Å²) in [5.74, 6) is -0.527. The van der Waals surface area contributed by atoms with E-state index in [-0.39, 0.29) is 11.5 Å². The van der Waals surface area contributed by atoms with E-state index in [1.807, 2.05) is 6.92 Å². The summed E-state index contributed by atoms with van der Waals surface area (Å²) in [4.78, 5) is 15.0. The Morgan fingerprint density at radius 1 is 1.47 bits per heavy atom. The number of aromatic nitrogens is 1. The SMILES string of the molecule is CCc1nc(C(=O)O)c(-c2ccccc2Cl)o1. The molecular formula is C12H10ClNO3. The Kier molecular flexibility index (Phi) is 3.15. The number of rotatable bonds is 3. The molecule has 0 aliphatic rings. The molecule has 0 atom stereocenters. The van der Waals surface area contributed by atoms with E-state index in [0.29, 0.717) is 22.9 Å². The Morgan fingerprint density at radius 2 is 2.18 bits per heavy atom. The Bertz CT molecular complexity index is 563. The maximum absolute atomic E-state index is 11.1. The molecule has 0 bridgehead atoms. The van der Waals surface area contributed by atoms with E-state index in [0.717, 1.165) is 0 Å². The number of carbonyl (C=O) groups is 1. The molecule has 1 aromatic heterocycles. The quantitative estimate of drug-likeness (QED) is 0.909. The Morgan fingerprint density at radius 3 is 2.76 bits per heavy atom. The molecule has 2 aromatic rings. The molecule has 0 aliphatic heterocycles. The molecule has 0 saturated carbocycles. The first-order chi connectivity index (χ1) is 8.13. The first kappa shape index (κ1) is 11.7. The zero-order chi connectivity index (χ0) is 12.4. The number of aromatic carboxylic acids is 1. The fourth-order valence-electron chi connectivity index (χ4n) is 1.49. The first-order valence-corrected chi connectivity index (χ1v) is 5.49. The van der Waals surface area contributed by atoms with Crippen molar-refractivity contribution in [1.29, 1.82) is 0 Å². The zero-order valence-corrected chi connectivity index (χ0v) is 9.86. The molecule has 1 aromatic carbocycles. The van der Waals surface area contributed by atoms with Crippen LogP contribution in [0.25, 0.3) is 11.3 Å². The second-order valence-electron chi connectivity index (χ2n) is 3.42. The van der Waals surface area contributed by atoms with Crippen LogP contribution in [-0.4, -0.2) is 16.1 Å². The van der Waals surface area contributed by atoms with Crippen molar-refractivity contribution in [2.45, 2.75) is 13.3 Å². The van der Waals surface area contributed by atoms with E-state index in [1.54, 1.807) is 24.3 Å². The van der Waals surface area contributed by atoms with Gasteiger partial charge in [-0.2, -0.15) is 0 Å².